The van der Waals surface area contributed by atoms with Crippen molar-refractivity contribution < 1.29 is 14.3 Å². The van der Waals surface area contributed by atoms with Gasteiger partial charge in [-0.1, -0.05) is 32.4 Å². The maximum absolute atomic E-state index is 12.5. The molecule has 2 rings (SSSR count). The number of benzene rings is 1. The number of hydrogen-bond acceptors (Lipinski definition) is 4. The quantitative estimate of drug-likeness (QED) is 0.790. The normalized spacial score (nSPS) is 17.0. The highest BCUT2D eigenvalue weighted by Gasteiger charge is 2.31. The van der Waals surface area contributed by atoms with Crippen molar-refractivity contribution in [1.29, 1.82) is 0 Å². The summed E-state index contributed by atoms with van der Waals surface area (Å²) in [5.74, 6) is 0.677. The summed E-state index contributed by atoms with van der Waals surface area (Å²) in [6, 6.07) is 6.90. The van der Waals surface area contributed by atoms with Gasteiger partial charge in [0.2, 0.25) is 11.8 Å². The lowest BCUT2D eigenvalue weighted by Crippen LogP contribution is -2.50. The first-order valence-corrected chi connectivity index (χ1v) is 8.96. The molecule has 146 valence electrons. The number of likely N-dealkylation sites (tertiary alicyclic amines) is 1. The third kappa shape index (κ3) is 5.35. The van der Waals surface area contributed by atoms with Crippen LogP contribution in [0.3, 0.4) is 0 Å². The van der Waals surface area contributed by atoms with Crippen LogP contribution in [0.5, 0.6) is 5.75 Å². The fourth-order valence-corrected chi connectivity index (χ4v) is 3.05. The van der Waals surface area contributed by atoms with Crippen LogP contribution in [-0.4, -0.2) is 43.0 Å². The van der Waals surface area contributed by atoms with E-state index in [0.717, 1.165) is 6.42 Å². The molecule has 0 saturated carbocycles. The standard InChI is InChI=1S/C19H29N3O3.ClH/c1-4-13(2)17(20)19(24)22-11-9-14(10-12-22)18(23)21-15-7-5-6-8-16(15)25-3;/h5-8,13-14,17H,4,9-12,20H2,1-3H3,(H,21,23);1H. The number of nitrogens with zero attached hydrogens (tertiary/aromatic N) is 1. The number of carbonyl (C=O) groups excluding carboxylic acids is 2. The predicted molar refractivity (Wildman–Crippen MR) is 106 cm³/mol. The summed E-state index contributed by atoms with van der Waals surface area (Å²) < 4.78 is 5.26. The first kappa shape index (κ1) is 22.3. The molecule has 0 aromatic heterocycles. The van der Waals surface area contributed by atoms with Gasteiger partial charge in [0.05, 0.1) is 18.8 Å². The summed E-state index contributed by atoms with van der Waals surface area (Å²) >= 11 is 0. The van der Waals surface area contributed by atoms with Crippen molar-refractivity contribution in [3.05, 3.63) is 24.3 Å². The van der Waals surface area contributed by atoms with Gasteiger partial charge in [0.1, 0.15) is 5.75 Å². The Morgan fingerprint density at radius 2 is 1.92 bits per heavy atom. The van der Waals surface area contributed by atoms with Gasteiger partial charge >= 0.3 is 0 Å². The molecule has 26 heavy (non-hydrogen) atoms. The van der Waals surface area contributed by atoms with Crippen molar-refractivity contribution in [3.63, 3.8) is 0 Å². The average molecular weight is 384 g/mol. The van der Waals surface area contributed by atoms with Crippen LogP contribution in [0.4, 0.5) is 5.69 Å². The van der Waals surface area contributed by atoms with E-state index >= 15 is 0 Å². The van der Waals surface area contributed by atoms with Crippen molar-refractivity contribution in [2.24, 2.45) is 17.6 Å². The second kappa shape index (κ2) is 10.4. The summed E-state index contributed by atoms with van der Waals surface area (Å²) in [4.78, 5) is 26.7. The van der Waals surface area contributed by atoms with Crippen molar-refractivity contribution in [3.8, 4) is 5.75 Å². The zero-order valence-corrected chi connectivity index (χ0v) is 16.6. The van der Waals surface area contributed by atoms with Crippen LogP contribution in [0.25, 0.3) is 0 Å². The Balaban J connectivity index is 0.00000338. The van der Waals surface area contributed by atoms with Gasteiger partial charge in [-0.15, -0.1) is 12.4 Å². The van der Waals surface area contributed by atoms with Gasteiger partial charge in [0.15, 0.2) is 0 Å². The zero-order chi connectivity index (χ0) is 18.4. The minimum atomic E-state index is -0.455. The third-order valence-corrected chi connectivity index (χ3v) is 5.08. The Bertz CT molecular complexity index is 603. The molecule has 1 aliphatic heterocycles. The van der Waals surface area contributed by atoms with Crippen molar-refractivity contribution >= 4 is 29.9 Å². The predicted octanol–water partition coefficient (Wildman–Crippen LogP) is 2.67. The molecule has 0 bridgehead atoms. The van der Waals surface area contributed by atoms with Gasteiger partial charge in [0, 0.05) is 19.0 Å². The van der Waals surface area contributed by atoms with E-state index in [4.69, 9.17) is 10.5 Å². The van der Waals surface area contributed by atoms with Gasteiger partial charge < -0.3 is 20.7 Å². The van der Waals surface area contributed by atoms with Crippen LogP contribution < -0.4 is 15.8 Å². The number of ether oxygens (including phenoxy) is 1. The van der Waals surface area contributed by atoms with Crippen molar-refractivity contribution in [2.45, 2.75) is 39.2 Å². The summed E-state index contributed by atoms with van der Waals surface area (Å²) in [6.07, 6.45) is 2.19. The molecule has 1 saturated heterocycles. The van der Waals surface area contributed by atoms with Crippen LogP contribution in [0.2, 0.25) is 0 Å². The molecule has 7 heteroatoms. The van der Waals surface area contributed by atoms with E-state index in [2.05, 4.69) is 5.32 Å². The second-order valence-corrected chi connectivity index (χ2v) is 6.70. The number of carbonyl (C=O) groups is 2. The van der Waals surface area contributed by atoms with E-state index < -0.39 is 6.04 Å². The fraction of sp³-hybridized carbons (Fsp3) is 0.579. The highest BCUT2D eigenvalue weighted by Crippen LogP contribution is 2.26. The van der Waals surface area contributed by atoms with Crippen LogP contribution >= 0.6 is 12.4 Å². The van der Waals surface area contributed by atoms with Crippen LogP contribution in [0.1, 0.15) is 33.1 Å². The van der Waals surface area contributed by atoms with Gasteiger partial charge in [-0.3, -0.25) is 9.59 Å². The minimum absolute atomic E-state index is 0. The number of anilines is 1. The Morgan fingerprint density at radius 1 is 1.31 bits per heavy atom. The molecule has 0 aliphatic carbocycles. The fourth-order valence-electron chi connectivity index (χ4n) is 3.05. The van der Waals surface area contributed by atoms with E-state index in [1.54, 1.807) is 12.0 Å². The molecule has 1 aromatic carbocycles. The average Bonchev–Trinajstić information content (AvgIpc) is 2.66. The van der Waals surface area contributed by atoms with E-state index in [0.29, 0.717) is 37.4 Å². The molecular formula is C19H30ClN3O3. The molecule has 0 radical (unpaired) electrons. The Hall–Kier alpha value is -1.79. The molecule has 1 aliphatic rings. The number of para-hydroxylation sites is 2. The van der Waals surface area contributed by atoms with E-state index in [9.17, 15) is 9.59 Å². The van der Waals surface area contributed by atoms with E-state index in [1.165, 1.54) is 0 Å². The largest absolute Gasteiger partial charge is 0.495 e. The highest BCUT2D eigenvalue weighted by molar-refractivity contribution is 5.94. The Labute approximate surface area is 161 Å². The lowest BCUT2D eigenvalue weighted by molar-refractivity contribution is -0.136. The van der Waals surface area contributed by atoms with Crippen molar-refractivity contribution in [2.75, 3.05) is 25.5 Å². The van der Waals surface area contributed by atoms with Crippen LogP contribution in [-0.2, 0) is 9.59 Å². The summed E-state index contributed by atoms with van der Waals surface area (Å²) in [5.41, 5.74) is 6.72. The van der Waals surface area contributed by atoms with E-state index in [-0.39, 0.29) is 36.1 Å². The molecule has 6 nitrogen and oxygen atoms in total. The monoisotopic (exact) mass is 383 g/mol. The molecule has 2 atom stereocenters. The zero-order valence-electron chi connectivity index (χ0n) is 15.7. The van der Waals surface area contributed by atoms with Crippen molar-refractivity contribution in [1.82, 2.24) is 4.90 Å². The smallest absolute Gasteiger partial charge is 0.239 e. The molecule has 2 amide bonds. The maximum Gasteiger partial charge on any atom is 0.239 e. The summed E-state index contributed by atoms with van der Waals surface area (Å²) in [6.45, 7) is 5.18. The van der Waals surface area contributed by atoms with Crippen LogP contribution in [0, 0.1) is 11.8 Å². The number of methoxy groups -OCH3 is 1. The topological polar surface area (TPSA) is 84.7 Å². The first-order chi connectivity index (χ1) is 12.0. The number of piperidine rings is 1. The number of halogens is 1. The van der Waals surface area contributed by atoms with Gasteiger partial charge in [0.25, 0.3) is 0 Å². The summed E-state index contributed by atoms with van der Waals surface area (Å²) in [5, 5.41) is 2.93. The number of nitrogens with one attached hydrogen (secondary N) is 1. The number of amides is 2. The third-order valence-electron chi connectivity index (χ3n) is 5.08. The van der Waals surface area contributed by atoms with Gasteiger partial charge in [-0.25, -0.2) is 0 Å². The highest BCUT2D eigenvalue weighted by atomic mass is 35.5. The SMILES string of the molecule is CCC(C)C(N)C(=O)N1CCC(C(=O)Nc2ccccc2OC)CC1.Cl. The number of hydrogen-bond donors (Lipinski definition) is 2. The van der Waals surface area contributed by atoms with Crippen LogP contribution in [0.15, 0.2) is 24.3 Å². The minimum Gasteiger partial charge on any atom is -0.495 e. The number of rotatable bonds is 6. The Morgan fingerprint density at radius 3 is 2.50 bits per heavy atom. The molecule has 0 spiro atoms. The summed E-state index contributed by atoms with van der Waals surface area (Å²) in [7, 11) is 1.58. The lowest BCUT2D eigenvalue weighted by atomic mass is 9.93. The molecule has 1 fully saturated rings. The van der Waals surface area contributed by atoms with Gasteiger partial charge in [-0.2, -0.15) is 0 Å². The molecule has 1 heterocycles. The molecular weight excluding hydrogens is 354 g/mol. The first-order valence-electron chi connectivity index (χ1n) is 8.96. The number of nitrogens with two attached hydrogens (primary N) is 1. The second-order valence-electron chi connectivity index (χ2n) is 6.70. The molecule has 1 aromatic rings. The van der Waals surface area contributed by atoms with E-state index in [1.807, 2.05) is 38.1 Å². The maximum atomic E-state index is 12.5. The Kier molecular flexibility index (Phi) is 8.88. The van der Waals surface area contributed by atoms with Gasteiger partial charge in [-0.05, 0) is 30.9 Å². The lowest BCUT2D eigenvalue weighted by Gasteiger charge is -2.34. The molecule has 3 N–H and O–H groups in total. The molecule has 2 unspecified atom stereocenters.